The topological polar surface area (TPSA) is 29.1 Å². The second kappa shape index (κ2) is 3.77. The Morgan fingerprint density at radius 3 is 2.60 bits per heavy atom. The van der Waals surface area contributed by atoms with E-state index in [4.69, 9.17) is 0 Å². The zero-order valence-electron chi connectivity index (χ0n) is 8.88. The molecule has 1 fully saturated rings. The van der Waals surface area contributed by atoms with Gasteiger partial charge in [0, 0.05) is 9.49 Å². The number of hydrogen-bond acceptors (Lipinski definition) is 1. The van der Waals surface area contributed by atoms with Crippen LogP contribution in [0.1, 0.15) is 20.3 Å². The zero-order chi connectivity index (χ0) is 11.1. The molecule has 1 aromatic rings. The third-order valence-electron chi connectivity index (χ3n) is 2.96. The molecule has 1 aliphatic carbocycles. The minimum Gasteiger partial charge on any atom is -0.325 e. The second-order valence-corrected chi connectivity index (χ2v) is 5.88. The van der Waals surface area contributed by atoms with Crippen molar-refractivity contribution in [3.63, 3.8) is 0 Å². The Labute approximate surface area is 104 Å². The first-order chi connectivity index (χ1) is 7.00. The molecular formula is C12H14INO. The first-order valence-corrected chi connectivity index (χ1v) is 6.14. The van der Waals surface area contributed by atoms with Crippen LogP contribution in [0.15, 0.2) is 24.3 Å². The lowest BCUT2D eigenvalue weighted by Crippen LogP contribution is -2.17. The smallest absolute Gasteiger partial charge is 0.228 e. The summed E-state index contributed by atoms with van der Waals surface area (Å²) in [5.41, 5.74) is 1.12. The molecule has 1 unspecified atom stereocenters. The monoisotopic (exact) mass is 315 g/mol. The molecule has 15 heavy (non-hydrogen) atoms. The van der Waals surface area contributed by atoms with Gasteiger partial charge in [-0.25, -0.2) is 0 Å². The molecule has 1 saturated carbocycles. The lowest BCUT2D eigenvalue weighted by Gasteiger charge is -2.07. The minimum atomic E-state index is 0.157. The van der Waals surface area contributed by atoms with Crippen molar-refractivity contribution in [2.24, 2.45) is 11.3 Å². The lowest BCUT2D eigenvalue weighted by atomic mass is 10.1. The quantitative estimate of drug-likeness (QED) is 0.834. The van der Waals surface area contributed by atoms with Crippen LogP contribution in [0.5, 0.6) is 0 Å². The molecule has 1 aromatic carbocycles. The number of rotatable bonds is 2. The van der Waals surface area contributed by atoms with Crippen LogP contribution in [0.3, 0.4) is 0 Å². The Balaban J connectivity index is 2.05. The van der Waals surface area contributed by atoms with Crippen LogP contribution >= 0.6 is 22.6 Å². The van der Waals surface area contributed by atoms with Gasteiger partial charge in [0.15, 0.2) is 0 Å². The van der Waals surface area contributed by atoms with Crippen molar-refractivity contribution in [1.82, 2.24) is 0 Å². The molecule has 0 aliphatic heterocycles. The fraction of sp³-hybridized carbons (Fsp3) is 0.417. The first-order valence-electron chi connectivity index (χ1n) is 5.06. The highest BCUT2D eigenvalue weighted by Gasteiger charge is 2.50. The summed E-state index contributed by atoms with van der Waals surface area (Å²) in [7, 11) is 0. The van der Waals surface area contributed by atoms with Gasteiger partial charge < -0.3 is 5.32 Å². The Morgan fingerprint density at radius 2 is 2.07 bits per heavy atom. The fourth-order valence-electron chi connectivity index (χ4n) is 1.70. The summed E-state index contributed by atoms with van der Waals surface area (Å²) in [5.74, 6) is 0.345. The van der Waals surface area contributed by atoms with Crippen molar-refractivity contribution in [3.8, 4) is 0 Å². The Bertz CT molecular complexity index is 400. The average molecular weight is 315 g/mol. The molecule has 1 atom stereocenters. The number of carbonyl (C=O) groups excluding carboxylic acids is 1. The van der Waals surface area contributed by atoms with Crippen LogP contribution in [0.4, 0.5) is 5.69 Å². The maximum absolute atomic E-state index is 11.8. The highest BCUT2D eigenvalue weighted by molar-refractivity contribution is 14.1. The van der Waals surface area contributed by atoms with Crippen LogP contribution in [0.2, 0.25) is 0 Å². The molecule has 1 amide bonds. The van der Waals surface area contributed by atoms with Crippen LogP contribution in [0.25, 0.3) is 0 Å². The number of nitrogens with one attached hydrogen (secondary N) is 1. The van der Waals surface area contributed by atoms with Crippen LogP contribution in [0, 0.1) is 14.9 Å². The molecule has 80 valence electrons. The molecule has 0 heterocycles. The van der Waals surface area contributed by atoms with Crippen molar-refractivity contribution in [2.45, 2.75) is 20.3 Å². The third-order valence-corrected chi connectivity index (χ3v) is 3.90. The van der Waals surface area contributed by atoms with Crippen molar-refractivity contribution in [1.29, 1.82) is 0 Å². The highest BCUT2D eigenvalue weighted by Crippen LogP contribution is 2.52. The van der Waals surface area contributed by atoms with Crippen LogP contribution in [-0.4, -0.2) is 5.91 Å². The van der Waals surface area contributed by atoms with Gasteiger partial charge in [-0.2, -0.15) is 0 Å². The van der Waals surface area contributed by atoms with Gasteiger partial charge in [0.05, 0.1) is 5.69 Å². The van der Waals surface area contributed by atoms with E-state index in [1.54, 1.807) is 0 Å². The van der Waals surface area contributed by atoms with Crippen LogP contribution in [-0.2, 0) is 4.79 Å². The predicted octanol–water partition coefficient (Wildman–Crippen LogP) is 3.28. The fourth-order valence-corrected chi connectivity index (χ4v) is 2.22. The Hall–Kier alpha value is -0.580. The number of carbonyl (C=O) groups is 1. The summed E-state index contributed by atoms with van der Waals surface area (Å²) >= 11 is 2.23. The maximum Gasteiger partial charge on any atom is 0.228 e. The summed E-state index contributed by atoms with van der Waals surface area (Å²) in [6, 6.07) is 7.84. The maximum atomic E-state index is 11.8. The number of halogens is 1. The molecular weight excluding hydrogens is 301 g/mol. The van der Waals surface area contributed by atoms with Crippen molar-refractivity contribution in [2.75, 3.05) is 5.32 Å². The van der Waals surface area contributed by atoms with Gasteiger partial charge >= 0.3 is 0 Å². The van der Waals surface area contributed by atoms with E-state index in [0.29, 0.717) is 0 Å². The molecule has 0 aromatic heterocycles. The van der Waals surface area contributed by atoms with Gasteiger partial charge in [-0.15, -0.1) is 0 Å². The molecule has 1 N–H and O–H groups in total. The third kappa shape index (κ3) is 2.33. The molecule has 0 radical (unpaired) electrons. The van der Waals surface area contributed by atoms with Crippen molar-refractivity contribution >= 4 is 34.2 Å². The molecule has 0 saturated heterocycles. The molecule has 1 aliphatic rings. The van der Waals surface area contributed by atoms with Gasteiger partial charge in [0.25, 0.3) is 0 Å². The van der Waals surface area contributed by atoms with Crippen molar-refractivity contribution < 1.29 is 4.79 Å². The largest absolute Gasteiger partial charge is 0.325 e. The first kappa shape index (κ1) is 10.9. The van der Waals surface area contributed by atoms with Gasteiger partial charge in [-0.05, 0) is 46.6 Å². The Morgan fingerprint density at radius 1 is 1.47 bits per heavy atom. The van der Waals surface area contributed by atoms with Gasteiger partial charge in [0.1, 0.15) is 0 Å². The second-order valence-electron chi connectivity index (χ2n) is 4.71. The Kier molecular flexibility index (Phi) is 2.75. The number of para-hydroxylation sites is 1. The van der Waals surface area contributed by atoms with Crippen molar-refractivity contribution in [3.05, 3.63) is 27.8 Å². The van der Waals surface area contributed by atoms with Crippen LogP contribution < -0.4 is 5.32 Å². The van der Waals surface area contributed by atoms with E-state index in [0.717, 1.165) is 15.7 Å². The highest BCUT2D eigenvalue weighted by atomic mass is 127. The van der Waals surface area contributed by atoms with Gasteiger partial charge in [-0.3, -0.25) is 4.79 Å². The predicted molar refractivity (Wildman–Crippen MR) is 69.7 cm³/mol. The standard InChI is InChI=1S/C12H14INO/c1-12(2)7-8(12)11(15)14-10-6-4-3-5-9(10)13/h3-6,8H,7H2,1-2H3,(H,14,15). The SMILES string of the molecule is CC1(C)CC1C(=O)Nc1ccccc1I. The summed E-state index contributed by atoms with van der Waals surface area (Å²) in [6.45, 7) is 4.26. The minimum absolute atomic E-state index is 0.157. The van der Waals surface area contributed by atoms with E-state index < -0.39 is 0 Å². The summed E-state index contributed by atoms with van der Waals surface area (Å²) in [4.78, 5) is 11.8. The van der Waals surface area contributed by atoms with E-state index in [1.807, 2.05) is 24.3 Å². The van der Waals surface area contributed by atoms with E-state index >= 15 is 0 Å². The molecule has 2 rings (SSSR count). The number of benzene rings is 1. The molecule has 0 spiro atoms. The summed E-state index contributed by atoms with van der Waals surface area (Å²) < 4.78 is 1.09. The van der Waals surface area contributed by atoms with Gasteiger partial charge in [0.2, 0.25) is 5.91 Å². The summed E-state index contributed by atoms with van der Waals surface area (Å²) in [5, 5.41) is 2.98. The zero-order valence-corrected chi connectivity index (χ0v) is 11.0. The number of anilines is 1. The lowest BCUT2D eigenvalue weighted by molar-refractivity contribution is -0.118. The van der Waals surface area contributed by atoms with E-state index in [2.05, 4.69) is 41.8 Å². The summed E-state index contributed by atoms with van der Waals surface area (Å²) in [6.07, 6.45) is 1.00. The van der Waals surface area contributed by atoms with E-state index in [-0.39, 0.29) is 17.2 Å². The van der Waals surface area contributed by atoms with E-state index in [9.17, 15) is 4.79 Å². The molecule has 2 nitrogen and oxygen atoms in total. The number of hydrogen-bond donors (Lipinski definition) is 1. The van der Waals surface area contributed by atoms with E-state index in [1.165, 1.54) is 0 Å². The molecule has 3 heteroatoms. The number of amides is 1. The average Bonchev–Trinajstić information content (AvgIpc) is 2.79. The van der Waals surface area contributed by atoms with Gasteiger partial charge in [-0.1, -0.05) is 26.0 Å². The normalized spacial score (nSPS) is 22.2. The molecule has 0 bridgehead atoms.